The van der Waals surface area contributed by atoms with Crippen molar-refractivity contribution in [1.29, 1.82) is 0 Å². The summed E-state index contributed by atoms with van der Waals surface area (Å²) in [5.74, 6) is 1.40. The molecule has 0 aliphatic heterocycles. The molecule has 0 N–H and O–H groups in total. The van der Waals surface area contributed by atoms with Crippen molar-refractivity contribution in [1.82, 2.24) is 0 Å². The third-order valence-corrected chi connectivity index (χ3v) is 4.08. The lowest BCUT2D eigenvalue weighted by atomic mass is 10.2. The van der Waals surface area contributed by atoms with Gasteiger partial charge in [0, 0.05) is 21.3 Å². The molecule has 0 heterocycles. The second-order valence-corrected chi connectivity index (χ2v) is 6.66. The van der Waals surface area contributed by atoms with Gasteiger partial charge in [0.05, 0.1) is 7.11 Å². The second-order valence-electron chi connectivity index (χ2n) is 4.45. The Hall–Kier alpha value is -0.830. The monoisotopic (exact) mass is 226 g/mol. The molecule has 2 nitrogen and oxygen atoms in total. The summed E-state index contributed by atoms with van der Waals surface area (Å²) in [6, 6.07) is 7.73. The first-order valence-electron chi connectivity index (χ1n) is 4.95. The lowest BCUT2D eigenvalue weighted by Gasteiger charge is -2.17. The summed E-state index contributed by atoms with van der Waals surface area (Å²) in [6.45, 7) is 5.97. The second kappa shape index (κ2) is 4.79. The Kier molecular flexibility index (Phi) is 3.91. The predicted molar refractivity (Wildman–Crippen MR) is 64.6 cm³/mol. The van der Waals surface area contributed by atoms with Crippen LogP contribution in [0.1, 0.15) is 26.3 Å². The molecule has 15 heavy (non-hydrogen) atoms. The quantitative estimate of drug-likeness (QED) is 0.792. The summed E-state index contributed by atoms with van der Waals surface area (Å²) in [6.07, 6.45) is 0. The van der Waals surface area contributed by atoms with Crippen LogP contribution in [0.4, 0.5) is 0 Å². The van der Waals surface area contributed by atoms with Crippen LogP contribution in [0, 0.1) is 0 Å². The summed E-state index contributed by atoms with van der Waals surface area (Å²) in [7, 11) is 0.785. The summed E-state index contributed by atoms with van der Waals surface area (Å²) in [4.78, 5) is 0. The highest BCUT2D eigenvalue weighted by molar-refractivity contribution is 7.85. The van der Waals surface area contributed by atoms with Crippen molar-refractivity contribution in [3.8, 4) is 5.75 Å². The van der Waals surface area contributed by atoms with E-state index < -0.39 is 10.8 Å². The van der Waals surface area contributed by atoms with E-state index in [-0.39, 0.29) is 4.75 Å². The third kappa shape index (κ3) is 3.67. The third-order valence-electron chi connectivity index (χ3n) is 2.11. The molecule has 1 rings (SSSR count). The van der Waals surface area contributed by atoms with Gasteiger partial charge in [-0.1, -0.05) is 12.1 Å². The first-order chi connectivity index (χ1) is 6.93. The fraction of sp³-hybridized carbons (Fsp3) is 0.500. The Morgan fingerprint density at radius 3 is 2.53 bits per heavy atom. The topological polar surface area (TPSA) is 26.3 Å². The maximum atomic E-state index is 11.9. The minimum Gasteiger partial charge on any atom is -0.497 e. The summed E-state index contributed by atoms with van der Waals surface area (Å²) in [5, 5.41) is 0. The number of benzene rings is 1. The van der Waals surface area contributed by atoms with Crippen molar-refractivity contribution in [2.45, 2.75) is 31.3 Å². The largest absolute Gasteiger partial charge is 0.497 e. The Morgan fingerprint density at radius 1 is 1.33 bits per heavy atom. The molecule has 0 radical (unpaired) electrons. The molecule has 0 saturated carbocycles. The summed E-state index contributed by atoms with van der Waals surface area (Å²) in [5.41, 5.74) is 1.06. The molecule has 1 unspecified atom stereocenters. The molecular weight excluding hydrogens is 208 g/mol. The molecule has 0 aliphatic rings. The van der Waals surface area contributed by atoms with Crippen LogP contribution >= 0.6 is 0 Å². The molecule has 0 spiro atoms. The fourth-order valence-corrected chi connectivity index (χ4v) is 2.05. The van der Waals surface area contributed by atoms with Gasteiger partial charge in [-0.25, -0.2) is 0 Å². The van der Waals surface area contributed by atoms with Crippen LogP contribution in [0.15, 0.2) is 24.3 Å². The first-order valence-corrected chi connectivity index (χ1v) is 6.27. The van der Waals surface area contributed by atoms with E-state index in [0.29, 0.717) is 5.75 Å². The minimum atomic E-state index is -0.854. The first kappa shape index (κ1) is 12.2. The minimum absolute atomic E-state index is 0.164. The Balaban J connectivity index is 2.77. The fourth-order valence-electron chi connectivity index (χ4n) is 1.13. The van der Waals surface area contributed by atoms with Gasteiger partial charge in [-0.15, -0.1) is 0 Å². The maximum absolute atomic E-state index is 11.9. The van der Waals surface area contributed by atoms with Gasteiger partial charge >= 0.3 is 0 Å². The van der Waals surface area contributed by atoms with Gasteiger partial charge in [0.15, 0.2) is 0 Å². The van der Waals surface area contributed by atoms with Crippen molar-refractivity contribution < 1.29 is 8.95 Å². The Morgan fingerprint density at radius 2 is 2.00 bits per heavy atom. The highest BCUT2D eigenvalue weighted by atomic mass is 32.2. The highest BCUT2D eigenvalue weighted by Gasteiger charge is 2.19. The van der Waals surface area contributed by atoms with Crippen molar-refractivity contribution >= 4 is 10.8 Å². The SMILES string of the molecule is COc1cccc(CS(=O)C(C)(C)C)c1. The molecule has 0 bridgehead atoms. The molecule has 0 amide bonds. The maximum Gasteiger partial charge on any atom is 0.119 e. The van der Waals surface area contributed by atoms with Crippen molar-refractivity contribution in [2.75, 3.05) is 7.11 Å². The number of hydrogen-bond donors (Lipinski definition) is 0. The van der Waals surface area contributed by atoms with Gasteiger partial charge in [0.2, 0.25) is 0 Å². The number of methoxy groups -OCH3 is 1. The van der Waals surface area contributed by atoms with E-state index in [2.05, 4.69) is 0 Å². The van der Waals surface area contributed by atoms with Crippen LogP contribution < -0.4 is 4.74 Å². The molecule has 84 valence electrons. The number of hydrogen-bond acceptors (Lipinski definition) is 2. The van der Waals surface area contributed by atoms with Crippen LogP contribution in [0.5, 0.6) is 5.75 Å². The zero-order chi connectivity index (χ0) is 11.5. The van der Waals surface area contributed by atoms with Crippen LogP contribution in [0.3, 0.4) is 0 Å². The molecule has 1 aromatic rings. The normalized spacial score (nSPS) is 13.6. The number of ether oxygens (including phenoxy) is 1. The smallest absolute Gasteiger partial charge is 0.119 e. The lowest BCUT2D eigenvalue weighted by Crippen LogP contribution is -2.22. The van der Waals surface area contributed by atoms with E-state index in [1.807, 2.05) is 45.0 Å². The zero-order valence-corrected chi connectivity index (χ0v) is 10.6. The van der Waals surface area contributed by atoms with Gasteiger partial charge in [0.25, 0.3) is 0 Å². The van der Waals surface area contributed by atoms with Gasteiger partial charge < -0.3 is 4.74 Å². The molecule has 0 fully saturated rings. The highest BCUT2D eigenvalue weighted by Crippen LogP contribution is 2.19. The molecule has 0 aliphatic carbocycles. The van der Waals surface area contributed by atoms with Crippen molar-refractivity contribution in [3.63, 3.8) is 0 Å². The van der Waals surface area contributed by atoms with Gasteiger partial charge in [-0.2, -0.15) is 0 Å². The number of rotatable bonds is 3. The molecular formula is C12H18O2S. The summed E-state index contributed by atoms with van der Waals surface area (Å²) < 4.78 is 16.9. The standard InChI is InChI=1S/C12H18O2S/c1-12(2,3)15(13)9-10-6-5-7-11(8-10)14-4/h5-8H,9H2,1-4H3. The van der Waals surface area contributed by atoms with E-state index in [4.69, 9.17) is 4.74 Å². The van der Waals surface area contributed by atoms with E-state index in [1.54, 1.807) is 7.11 Å². The van der Waals surface area contributed by atoms with Crippen LogP contribution in [-0.4, -0.2) is 16.1 Å². The van der Waals surface area contributed by atoms with Crippen molar-refractivity contribution in [3.05, 3.63) is 29.8 Å². The molecule has 0 aromatic heterocycles. The zero-order valence-electron chi connectivity index (χ0n) is 9.74. The van der Waals surface area contributed by atoms with E-state index >= 15 is 0 Å². The van der Waals surface area contributed by atoms with Crippen LogP contribution in [0.2, 0.25) is 0 Å². The predicted octanol–water partition coefficient (Wildman–Crippen LogP) is 2.74. The molecule has 1 atom stereocenters. The summed E-state index contributed by atoms with van der Waals surface area (Å²) >= 11 is 0. The van der Waals surface area contributed by atoms with Crippen LogP contribution in [0.25, 0.3) is 0 Å². The Labute approximate surface area is 94.1 Å². The molecule has 1 aromatic carbocycles. The van der Waals surface area contributed by atoms with E-state index in [0.717, 1.165) is 11.3 Å². The average Bonchev–Trinajstić information content (AvgIpc) is 2.16. The van der Waals surface area contributed by atoms with Crippen molar-refractivity contribution in [2.24, 2.45) is 0 Å². The van der Waals surface area contributed by atoms with E-state index in [1.165, 1.54) is 0 Å². The molecule has 3 heteroatoms. The Bertz CT molecular complexity index is 353. The average molecular weight is 226 g/mol. The lowest BCUT2D eigenvalue weighted by molar-refractivity contribution is 0.414. The van der Waals surface area contributed by atoms with Gasteiger partial charge in [-0.05, 0) is 38.5 Å². The molecule has 0 saturated heterocycles. The van der Waals surface area contributed by atoms with E-state index in [9.17, 15) is 4.21 Å². The van der Waals surface area contributed by atoms with Crippen LogP contribution in [-0.2, 0) is 16.6 Å². The van der Waals surface area contributed by atoms with Gasteiger partial charge in [0.1, 0.15) is 5.75 Å². The van der Waals surface area contributed by atoms with Gasteiger partial charge in [-0.3, -0.25) is 4.21 Å².